The van der Waals surface area contributed by atoms with Gasteiger partial charge < -0.3 is 14.4 Å². The summed E-state index contributed by atoms with van der Waals surface area (Å²) in [5.41, 5.74) is 5.57. The van der Waals surface area contributed by atoms with Crippen LogP contribution in [0.3, 0.4) is 0 Å². The van der Waals surface area contributed by atoms with Crippen LogP contribution in [0.4, 0.5) is 0 Å². The van der Waals surface area contributed by atoms with Gasteiger partial charge >= 0.3 is 0 Å². The molecule has 0 N–H and O–H groups in total. The monoisotopic (exact) mass is 391 g/mol. The molecule has 0 bridgehead atoms. The van der Waals surface area contributed by atoms with Gasteiger partial charge in [0, 0.05) is 18.7 Å². The molecule has 0 aliphatic carbocycles. The van der Waals surface area contributed by atoms with Crippen molar-refractivity contribution >= 4 is 5.91 Å². The van der Waals surface area contributed by atoms with Crippen molar-refractivity contribution in [2.45, 2.75) is 13.8 Å². The summed E-state index contributed by atoms with van der Waals surface area (Å²) in [5, 5.41) is 4.79. The zero-order valence-corrected chi connectivity index (χ0v) is 17.0. The fraction of sp³-hybridized carbons (Fsp3) is 0.304. The third-order valence-electron chi connectivity index (χ3n) is 5.35. The van der Waals surface area contributed by atoms with Crippen LogP contribution in [0.2, 0.25) is 0 Å². The highest BCUT2D eigenvalue weighted by molar-refractivity contribution is 5.94. The second-order valence-corrected chi connectivity index (χ2v) is 7.23. The van der Waals surface area contributed by atoms with E-state index >= 15 is 0 Å². The molecule has 1 fully saturated rings. The number of amides is 1. The summed E-state index contributed by atoms with van der Waals surface area (Å²) < 4.78 is 12.4. The number of morpholine rings is 1. The Balaban J connectivity index is 1.78. The zero-order chi connectivity index (χ0) is 20.4. The van der Waals surface area contributed by atoms with E-state index in [2.05, 4.69) is 26.0 Å². The molecule has 4 rings (SSSR count). The van der Waals surface area contributed by atoms with E-state index in [9.17, 15) is 4.79 Å². The van der Waals surface area contributed by atoms with E-state index in [4.69, 9.17) is 14.6 Å². The first-order valence-electron chi connectivity index (χ1n) is 9.76. The van der Waals surface area contributed by atoms with Gasteiger partial charge in [-0.25, -0.2) is 4.68 Å². The molecule has 0 spiro atoms. The average Bonchev–Trinajstić information content (AvgIpc) is 3.21. The Kier molecular flexibility index (Phi) is 5.36. The third kappa shape index (κ3) is 3.89. The zero-order valence-electron chi connectivity index (χ0n) is 17.0. The average molecular weight is 391 g/mol. The fourth-order valence-electron chi connectivity index (χ4n) is 3.42. The van der Waals surface area contributed by atoms with E-state index in [1.54, 1.807) is 11.8 Å². The number of methoxy groups -OCH3 is 1. The molecule has 0 saturated carbocycles. The maximum absolute atomic E-state index is 13.3. The number of benzene rings is 2. The van der Waals surface area contributed by atoms with Crippen LogP contribution in [-0.2, 0) is 4.74 Å². The predicted octanol–water partition coefficient (Wildman–Crippen LogP) is 3.64. The lowest BCUT2D eigenvalue weighted by Gasteiger charge is -2.26. The summed E-state index contributed by atoms with van der Waals surface area (Å²) in [6, 6.07) is 15.7. The van der Waals surface area contributed by atoms with Crippen LogP contribution in [0.25, 0.3) is 16.9 Å². The van der Waals surface area contributed by atoms with Gasteiger partial charge in [-0.15, -0.1) is 0 Å². The first-order chi connectivity index (χ1) is 14.1. The number of aromatic nitrogens is 2. The van der Waals surface area contributed by atoms with Crippen molar-refractivity contribution in [3.05, 3.63) is 65.4 Å². The van der Waals surface area contributed by atoms with Crippen LogP contribution in [0, 0.1) is 13.8 Å². The number of hydrogen-bond donors (Lipinski definition) is 0. The largest absolute Gasteiger partial charge is 0.497 e. The predicted molar refractivity (Wildman–Crippen MR) is 112 cm³/mol. The van der Waals surface area contributed by atoms with Gasteiger partial charge in [0.15, 0.2) is 0 Å². The quantitative estimate of drug-likeness (QED) is 0.681. The molecule has 6 nitrogen and oxygen atoms in total. The molecule has 1 amide bonds. The van der Waals surface area contributed by atoms with Crippen LogP contribution in [0.15, 0.2) is 48.5 Å². The molecule has 1 aliphatic rings. The van der Waals surface area contributed by atoms with Crippen LogP contribution >= 0.6 is 0 Å². The fourth-order valence-corrected chi connectivity index (χ4v) is 3.42. The lowest BCUT2D eigenvalue weighted by atomic mass is 10.0. The van der Waals surface area contributed by atoms with Gasteiger partial charge in [0.25, 0.3) is 5.91 Å². The van der Waals surface area contributed by atoms with Crippen molar-refractivity contribution in [1.29, 1.82) is 0 Å². The minimum absolute atomic E-state index is 0.0355. The highest BCUT2D eigenvalue weighted by atomic mass is 16.5. The molecule has 1 aliphatic heterocycles. The van der Waals surface area contributed by atoms with Crippen LogP contribution in [0.5, 0.6) is 5.75 Å². The summed E-state index contributed by atoms with van der Waals surface area (Å²) in [7, 11) is 1.63. The Labute approximate surface area is 170 Å². The van der Waals surface area contributed by atoms with Gasteiger partial charge in [-0.2, -0.15) is 5.10 Å². The van der Waals surface area contributed by atoms with Gasteiger partial charge in [-0.1, -0.05) is 12.1 Å². The smallest absolute Gasteiger partial charge is 0.272 e. The normalized spacial score (nSPS) is 14.1. The molecule has 0 atom stereocenters. The Morgan fingerprint density at radius 1 is 1.00 bits per heavy atom. The van der Waals surface area contributed by atoms with E-state index in [0.29, 0.717) is 32.0 Å². The summed E-state index contributed by atoms with van der Waals surface area (Å²) >= 11 is 0. The van der Waals surface area contributed by atoms with Crippen molar-refractivity contribution in [2.75, 3.05) is 33.4 Å². The number of aryl methyl sites for hydroxylation is 2. The second kappa shape index (κ2) is 8.09. The first kappa shape index (κ1) is 19.2. The second-order valence-electron chi connectivity index (χ2n) is 7.23. The molecular formula is C23H25N3O3. The summed E-state index contributed by atoms with van der Waals surface area (Å²) in [6.07, 6.45) is 0. The number of hydrogen-bond acceptors (Lipinski definition) is 4. The van der Waals surface area contributed by atoms with Crippen molar-refractivity contribution in [1.82, 2.24) is 14.7 Å². The first-order valence-corrected chi connectivity index (χ1v) is 9.76. The van der Waals surface area contributed by atoms with Gasteiger partial charge in [-0.05, 0) is 61.4 Å². The topological polar surface area (TPSA) is 56.6 Å². The lowest BCUT2D eigenvalue weighted by molar-refractivity contribution is 0.0297. The van der Waals surface area contributed by atoms with E-state index in [0.717, 1.165) is 22.7 Å². The highest BCUT2D eigenvalue weighted by Gasteiger charge is 2.24. The minimum atomic E-state index is -0.0355. The number of rotatable bonds is 4. The molecule has 1 aromatic heterocycles. The molecular weight excluding hydrogens is 366 g/mol. The van der Waals surface area contributed by atoms with E-state index in [1.165, 1.54) is 11.1 Å². The number of carbonyl (C=O) groups excluding carboxylic acids is 1. The van der Waals surface area contributed by atoms with Crippen LogP contribution in [-0.4, -0.2) is 54.0 Å². The lowest BCUT2D eigenvalue weighted by Crippen LogP contribution is -2.41. The Morgan fingerprint density at radius 3 is 2.38 bits per heavy atom. The minimum Gasteiger partial charge on any atom is -0.497 e. The van der Waals surface area contributed by atoms with Gasteiger partial charge in [0.2, 0.25) is 0 Å². The maximum Gasteiger partial charge on any atom is 0.272 e. The molecule has 2 aromatic carbocycles. The van der Waals surface area contributed by atoms with Crippen molar-refractivity contribution in [3.63, 3.8) is 0 Å². The van der Waals surface area contributed by atoms with E-state index in [1.807, 2.05) is 41.3 Å². The van der Waals surface area contributed by atoms with Gasteiger partial charge in [0.1, 0.15) is 11.4 Å². The van der Waals surface area contributed by atoms with Gasteiger partial charge in [-0.3, -0.25) is 4.79 Å². The summed E-state index contributed by atoms with van der Waals surface area (Å²) in [6.45, 7) is 6.47. The van der Waals surface area contributed by atoms with Gasteiger partial charge in [0.05, 0.1) is 31.7 Å². The number of nitrogens with zero attached hydrogens (tertiary/aromatic N) is 3. The Morgan fingerprint density at radius 2 is 1.72 bits per heavy atom. The maximum atomic E-state index is 13.3. The molecule has 150 valence electrons. The summed E-state index contributed by atoms with van der Waals surface area (Å²) in [4.78, 5) is 15.1. The number of ether oxygens (including phenoxy) is 2. The van der Waals surface area contributed by atoms with Crippen molar-refractivity contribution in [2.24, 2.45) is 0 Å². The molecule has 2 heterocycles. The highest BCUT2D eigenvalue weighted by Crippen LogP contribution is 2.25. The standard InChI is InChI=1S/C23H25N3O3/c1-16-4-5-18(14-17(16)2)21-15-22(23(27)25-10-12-29-13-11-25)26(24-21)19-6-8-20(28-3)9-7-19/h4-9,14-15H,10-13H2,1-3H3. The molecule has 6 heteroatoms. The molecule has 0 unspecified atom stereocenters. The third-order valence-corrected chi connectivity index (χ3v) is 5.35. The van der Waals surface area contributed by atoms with Crippen LogP contribution < -0.4 is 4.74 Å². The van der Waals surface area contributed by atoms with E-state index in [-0.39, 0.29) is 5.91 Å². The Bertz CT molecular complexity index is 1020. The van der Waals surface area contributed by atoms with Crippen molar-refractivity contribution < 1.29 is 14.3 Å². The van der Waals surface area contributed by atoms with E-state index < -0.39 is 0 Å². The molecule has 3 aromatic rings. The Hall–Kier alpha value is -3.12. The summed E-state index contributed by atoms with van der Waals surface area (Å²) in [5.74, 6) is 0.725. The number of carbonyl (C=O) groups is 1. The van der Waals surface area contributed by atoms with Crippen LogP contribution in [0.1, 0.15) is 21.6 Å². The molecule has 1 saturated heterocycles. The molecule has 0 radical (unpaired) electrons. The SMILES string of the molecule is COc1ccc(-n2nc(-c3ccc(C)c(C)c3)cc2C(=O)N2CCOCC2)cc1. The van der Waals surface area contributed by atoms with Crippen molar-refractivity contribution in [3.8, 4) is 22.7 Å². The molecule has 29 heavy (non-hydrogen) atoms.